The summed E-state index contributed by atoms with van der Waals surface area (Å²) in [5, 5.41) is 9.24. The fourth-order valence-corrected chi connectivity index (χ4v) is 4.17. The number of piperidine rings is 1. The highest BCUT2D eigenvalue weighted by Gasteiger charge is 2.31. The first-order valence-corrected chi connectivity index (χ1v) is 9.61. The van der Waals surface area contributed by atoms with E-state index in [0.717, 1.165) is 12.5 Å². The summed E-state index contributed by atoms with van der Waals surface area (Å²) in [6, 6.07) is 5.38. The molecular formula is C18H33IN4S. The lowest BCUT2D eigenvalue weighted by molar-refractivity contribution is 0.125. The minimum Gasteiger partial charge on any atom is -0.356 e. The molecular weight excluding hydrogens is 431 g/mol. The molecule has 2 N–H and O–H groups in total. The summed E-state index contributed by atoms with van der Waals surface area (Å²) < 4.78 is 0. The highest BCUT2D eigenvalue weighted by molar-refractivity contribution is 14.0. The third-order valence-corrected chi connectivity index (χ3v) is 5.90. The molecule has 1 fully saturated rings. The van der Waals surface area contributed by atoms with Crippen molar-refractivity contribution in [1.29, 1.82) is 0 Å². The van der Waals surface area contributed by atoms with E-state index < -0.39 is 0 Å². The Labute approximate surface area is 168 Å². The zero-order valence-corrected chi connectivity index (χ0v) is 18.7. The maximum absolute atomic E-state index is 4.39. The number of guanidine groups is 1. The topological polar surface area (TPSA) is 39.7 Å². The summed E-state index contributed by atoms with van der Waals surface area (Å²) in [6.45, 7) is 8.83. The number of aliphatic imine (C=N–C) groups is 1. The molecule has 1 aromatic heterocycles. The number of rotatable bonds is 5. The molecule has 0 bridgehead atoms. The average molecular weight is 464 g/mol. The Balaban J connectivity index is 0.00000288. The van der Waals surface area contributed by atoms with E-state index in [9.17, 15) is 0 Å². The predicted octanol–water partition coefficient (Wildman–Crippen LogP) is 3.96. The third kappa shape index (κ3) is 5.88. The zero-order chi connectivity index (χ0) is 16.8. The Hall–Kier alpha value is -0.340. The van der Waals surface area contributed by atoms with Gasteiger partial charge in [-0.2, -0.15) is 0 Å². The SMILES string of the molecule is CN=C(NCC1CCCN(C)C1c1cccs1)NC(C)C(C)C.I. The Bertz CT molecular complexity index is 489. The van der Waals surface area contributed by atoms with Crippen LogP contribution in [-0.4, -0.2) is 44.1 Å². The van der Waals surface area contributed by atoms with Gasteiger partial charge in [-0.1, -0.05) is 19.9 Å². The number of hydrogen-bond donors (Lipinski definition) is 2. The Morgan fingerprint density at radius 1 is 1.42 bits per heavy atom. The fraction of sp³-hybridized carbons (Fsp3) is 0.722. The number of hydrogen-bond acceptors (Lipinski definition) is 3. The lowest BCUT2D eigenvalue weighted by Gasteiger charge is -2.39. The van der Waals surface area contributed by atoms with Crippen molar-refractivity contribution in [2.24, 2.45) is 16.8 Å². The Kier molecular flexibility index (Phi) is 9.59. The van der Waals surface area contributed by atoms with Gasteiger partial charge in [0.05, 0.1) is 0 Å². The molecule has 1 aromatic rings. The normalized spacial score (nSPS) is 23.7. The molecule has 1 saturated heterocycles. The minimum atomic E-state index is 0. The van der Waals surface area contributed by atoms with Gasteiger partial charge in [0.2, 0.25) is 0 Å². The lowest BCUT2D eigenvalue weighted by atomic mass is 9.88. The molecule has 2 rings (SSSR count). The van der Waals surface area contributed by atoms with Crippen molar-refractivity contribution in [1.82, 2.24) is 15.5 Å². The van der Waals surface area contributed by atoms with Crippen molar-refractivity contribution in [2.45, 2.75) is 45.7 Å². The predicted molar refractivity (Wildman–Crippen MR) is 117 cm³/mol. The first-order chi connectivity index (χ1) is 11.0. The summed E-state index contributed by atoms with van der Waals surface area (Å²) >= 11 is 1.88. The molecule has 0 spiro atoms. The monoisotopic (exact) mass is 464 g/mol. The molecule has 0 amide bonds. The van der Waals surface area contributed by atoms with Crippen LogP contribution in [0.25, 0.3) is 0 Å². The molecule has 2 heterocycles. The Morgan fingerprint density at radius 2 is 2.17 bits per heavy atom. The van der Waals surface area contributed by atoms with Crippen LogP contribution in [0.15, 0.2) is 22.5 Å². The largest absolute Gasteiger partial charge is 0.356 e. The maximum Gasteiger partial charge on any atom is 0.191 e. The zero-order valence-electron chi connectivity index (χ0n) is 15.6. The molecule has 6 heteroatoms. The fourth-order valence-electron chi connectivity index (χ4n) is 3.19. The van der Waals surface area contributed by atoms with Gasteiger partial charge in [0.1, 0.15) is 0 Å². The highest BCUT2D eigenvalue weighted by atomic mass is 127. The van der Waals surface area contributed by atoms with Crippen LogP contribution in [0.1, 0.15) is 44.5 Å². The molecule has 3 atom stereocenters. The molecule has 1 aliphatic heterocycles. The van der Waals surface area contributed by atoms with Gasteiger partial charge in [-0.05, 0) is 56.6 Å². The van der Waals surface area contributed by atoms with Gasteiger partial charge in [-0.3, -0.25) is 9.89 Å². The molecule has 0 aliphatic carbocycles. The van der Waals surface area contributed by atoms with E-state index in [1.165, 1.54) is 24.3 Å². The second-order valence-electron chi connectivity index (χ2n) is 6.97. The van der Waals surface area contributed by atoms with Crippen LogP contribution in [0.2, 0.25) is 0 Å². The number of nitrogens with one attached hydrogen (secondary N) is 2. The maximum atomic E-state index is 4.39. The van der Waals surface area contributed by atoms with E-state index in [1.54, 1.807) is 0 Å². The second kappa shape index (κ2) is 10.6. The van der Waals surface area contributed by atoms with Crippen LogP contribution >= 0.6 is 35.3 Å². The first kappa shape index (κ1) is 21.7. The van der Waals surface area contributed by atoms with Crippen LogP contribution in [0.4, 0.5) is 0 Å². The van der Waals surface area contributed by atoms with Gasteiger partial charge in [-0.25, -0.2) is 0 Å². The number of halogens is 1. The van der Waals surface area contributed by atoms with Gasteiger partial charge < -0.3 is 10.6 Å². The van der Waals surface area contributed by atoms with E-state index in [0.29, 0.717) is 23.9 Å². The summed E-state index contributed by atoms with van der Waals surface area (Å²) in [6.07, 6.45) is 2.55. The molecule has 4 nitrogen and oxygen atoms in total. The number of thiophene rings is 1. The Morgan fingerprint density at radius 3 is 2.75 bits per heavy atom. The van der Waals surface area contributed by atoms with Crippen LogP contribution in [-0.2, 0) is 0 Å². The minimum absolute atomic E-state index is 0. The van der Waals surface area contributed by atoms with Crippen molar-refractivity contribution in [2.75, 3.05) is 27.2 Å². The summed E-state index contributed by atoms with van der Waals surface area (Å²) in [5.74, 6) is 2.14. The van der Waals surface area contributed by atoms with E-state index in [-0.39, 0.29) is 24.0 Å². The van der Waals surface area contributed by atoms with Gasteiger partial charge in [0.25, 0.3) is 0 Å². The first-order valence-electron chi connectivity index (χ1n) is 8.73. The van der Waals surface area contributed by atoms with Crippen LogP contribution in [0, 0.1) is 11.8 Å². The molecule has 1 aliphatic rings. The standard InChI is InChI=1S/C18H32N4S.HI/c1-13(2)14(3)21-18(19-4)20-12-15-8-6-10-22(5)17(15)16-9-7-11-23-16;/h7,9,11,13-15,17H,6,8,10,12H2,1-5H3,(H2,19,20,21);1H. The molecule has 0 aromatic carbocycles. The van der Waals surface area contributed by atoms with E-state index in [1.807, 2.05) is 18.4 Å². The average Bonchev–Trinajstić information content (AvgIpc) is 3.04. The molecule has 24 heavy (non-hydrogen) atoms. The molecule has 0 radical (unpaired) electrons. The molecule has 3 unspecified atom stereocenters. The second-order valence-corrected chi connectivity index (χ2v) is 7.95. The highest BCUT2D eigenvalue weighted by Crippen LogP contribution is 2.36. The van der Waals surface area contributed by atoms with Crippen LogP contribution in [0.3, 0.4) is 0 Å². The molecule has 138 valence electrons. The summed E-state index contributed by atoms with van der Waals surface area (Å²) in [7, 11) is 4.11. The van der Waals surface area contributed by atoms with E-state index in [2.05, 4.69) is 65.9 Å². The number of likely N-dealkylation sites (tertiary alicyclic amines) is 1. The summed E-state index contributed by atoms with van der Waals surface area (Å²) in [5.41, 5.74) is 0. The van der Waals surface area contributed by atoms with Gasteiger partial charge >= 0.3 is 0 Å². The summed E-state index contributed by atoms with van der Waals surface area (Å²) in [4.78, 5) is 8.38. The number of nitrogens with zero attached hydrogens (tertiary/aromatic N) is 2. The van der Waals surface area contributed by atoms with E-state index >= 15 is 0 Å². The van der Waals surface area contributed by atoms with Crippen LogP contribution in [0.5, 0.6) is 0 Å². The lowest BCUT2D eigenvalue weighted by Crippen LogP contribution is -2.48. The van der Waals surface area contributed by atoms with Gasteiger partial charge in [-0.15, -0.1) is 35.3 Å². The van der Waals surface area contributed by atoms with Crippen molar-refractivity contribution < 1.29 is 0 Å². The van der Waals surface area contributed by atoms with Crippen molar-refractivity contribution in [3.8, 4) is 0 Å². The van der Waals surface area contributed by atoms with Crippen LogP contribution < -0.4 is 10.6 Å². The van der Waals surface area contributed by atoms with Crippen molar-refractivity contribution in [3.05, 3.63) is 22.4 Å². The third-order valence-electron chi connectivity index (χ3n) is 4.96. The molecule has 0 saturated carbocycles. The quantitative estimate of drug-likeness (QED) is 0.394. The van der Waals surface area contributed by atoms with Crippen molar-refractivity contribution in [3.63, 3.8) is 0 Å². The smallest absolute Gasteiger partial charge is 0.191 e. The van der Waals surface area contributed by atoms with Gasteiger partial charge in [0, 0.05) is 30.6 Å². The van der Waals surface area contributed by atoms with Crippen molar-refractivity contribution >= 4 is 41.3 Å². The van der Waals surface area contributed by atoms with Gasteiger partial charge in [0.15, 0.2) is 5.96 Å². The van der Waals surface area contributed by atoms with E-state index in [4.69, 9.17) is 0 Å².